The lowest BCUT2D eigenvalue weighted by Crippen LogP contribution is -2.46. The van der Waals surface area contributed by atoms with Gasteiger partial charge in [0.05, 0.1) is 12.0 Å². The Balaban J connectivity index is 1.76. The average molecular weight is 323 g/mol. The molecular formula is C19H21N3O2. The maximum atomic E-state index is 12.7. The minimum atomic E-state index is -0.244. The summed E-state index contributed by atoms with van der Waals surface area (Å²) >= 11 is 0. The van der Waals surface area contributed by atoms with E-state index in [2.05, 4.69) is 10.3 Å². The summed E-state index contributed by atoms with van der Waals surface area (Å²) in [7, 11) is 1.78. The van der Waals surface area contributed by atoms with Crippen molar-refractivity contribution in [2.24, 2.45) is 5.92 Å². The Kier molecular flexibility index (Phi) is 4.89. The molecule has 1 N–H and O–H groups in total. The topological polar surface area (TPSA) is 62.3 Å². The molecule has 0 radical (unpaired) electrons. The van der Waals surface area contributed by atoms with Crippen LogP contribution < -0.4 is 5.32 Å². The van der Waals surface area contributed by atoms with E-state index in [9.17, 15) is 9.59 Å². The van der Waals surface area contributed by atoms with Crippen LogP contribution in [0.2, 0.25) is 0 Å². The van der Waals surface area contributed by atoms with Crippen LogP contribution in [0.4, 0.5) is 0 Å². The van der Waals surface area contributed by atoms with Crippen molar-refractivity contribution in [1.82, 2.24) is 15.2 Å². The molecule has 124 valence electrons. The number of amides is 2. The summed E-state index contributed by atoms with van der Waals surface area (Å²) in [6.45, 7) is 0.447. The number of carbonyl (C=O) groups excluding carboxylic acids is 2. The monoisotopic (exact) mass is 323 g/mol. The van der Waals surface area contributed by atoms with Crippen molar-refractivity contribution in [3.05, 3.63) is 66.0 Å². The zero-order chi connectivity index (χ0) is 16.9. The highest BCUT2D eigenvalue weighted by Crippen LogP contribution is 2.35. The molecule has 5 nitrogen and oxygen atoms in total. The summed E-state index contributed by atoms with van der Waals surface area (Å²) in [5.74, 6) is -0.181. The van der Waals surface area contributed by atoms with Crippen LogP contribution in [-0.4, -0.2) is 28.7 Å². The number of rotatable bonds is 4. The molecule has 2 aromatic rings. The third kappa shape index (κ3) is 3.45. The minimum Gasteiger partial charge on any atom is -0.352 e. The zero-order valence-corrected chi connectivity index (χ0v) is 13.7. The van der Waals surface area contributed by atoms with E-state index < -0.39 is 0 Å². The van der Waals surface area contributed by atoms with Crippen LogP contribution in [0.5, 0.6) is 0 Å². The van der Waals surface area contributed by atoms with Gasteiger partial charge in [-0.15, -0.1) is 0 Å². The van der Waals surface area contributed by atoms with Crippen LogP contribution in [-0.2, 0) is 16.1 Å². The van der Waals surface area contributed by atoms with E-state index in [0.717, 1.165) is 11.1 Å². The van der Waals surface area contributed by atoms with E-state index in [4.69, 9.17) is 0 Å². The Hall–Kier alpha value is -2.69. The Labute approximate surface area is 141 Å². The molecule has 1 aliphatic rings. The molecule has 1 aliphatic heterocycles. The second-order valence-electron chi connectivity index (χ2n) is 6.08. The molecule has 2 amide bonds. The van der Waals surface area contributed by atoms with Crippen molar-refractivity contribution in [1.29, 1.82) is 0 Å². The number of carbonyl (C=O) groups is 2. The van der Waals surface area contributed by atoms with Crippen molar-refractivity contribution in [2.75, 3.05) is 7.05 Å². The van der Waals surface area contributed by atoms with E-state index in [-0.39, 0.29) is 23.8 Å². The number of piperidine rings is 1. The first-order valence-electron chi connectivity index (χ1n) is 8.14. The fourth-order valence-electron chi connectivity index (χ4n) is 3.24. The number of benzene rings is 1. The molecule has 0 saturated carbocycles. The van der Waals surface area contributed by atoms with Gasteiger partial charge >= 0.3 is 0 Å². The van der Waals surface area contributed by atoms with Gasteiger partial charge in [0, 0.05) is 32.4 Å². The Morgan fingerprint density at radius 2 is 2.04 bits per heavy atom. The Bertz CT molecular complexity index is 703. The maximum Gasteiger partial charge on any atom is 0.225 e. The summed E-state index contributed by atoms with van der Waals surface area (Å²) in [5.41, 5.74) is 1.96. The van der Waals surface area contributed by atoms with Crippen LogP contribution in [0.15, 0.2) is 54.9 Å². The molecule has 0 bridgehead atoms. The van der Waals surface area contributed by atoms with Gasteiger partial charge in [0.1, 0.15) is 0 Å². The van der Waals surface area contributed by atoms with Crippen molar-refractivity contribution in [2.45, 2.75) is 25.4 Å². The molecule has 1 fully saturated rings. The molecule has 5 heteroatoms. The summed E-state index contributed by atoms with van der Waals surface area (Å²) in [6.07, 6.45) is 4.43. The maximum absolute atomic E-state index is 12.7. The predicted molar refractivity (Wildman–Crippen MR) is 90.8 cm³/mol. The average Bonchev–Trinajstić information content (AvgIpc) is 2.63. The van der Waals surface area contributed by atoms with Crippen molar-refractivity contribution < 1.29 is 9.59 Å². The van der Waals surface area contributed by atoms with Gasteiger partial charge in [0.2, 0.25) is 11.8 Å². The zero-order valence-electron chi connectivity index (χ0n) is 13.7. The van der Waals surface area contributed by atoms with Crippen LogP contribution in [0, 0.1) is 5.92 Å². The minimum absolute atomic E-state index is 0.0212. The first-order valence-corrected chi connectivity index (χ1v) is 8.14. The van der Waals surface area contributed by atoms with Gasteiger partial charge in [-0.2, -0.15) is 0 Å². The third-order valence-corrected chi connectivity index (χ3v) is 4.53. The molecular weight excluding hydrogens is 302 g/mol. The molecule has 0 spiro atoms. The first kappa shape index (κ1) is 16.2. The van der Waals surface area contributed by atoms with E-state index in [1.807, 2.05) is 42.5 Å². The van der Waals surface area contributed by atoms with Gasteiger partial charge in [-0.3, -0.25) is 14.6 Å². The lowest BCUT2D eigenvalue weighted by atomic mass is 9.84. The fraction of sp³-hybridized carbons (Fsp3) is 0.316. The molecule has 2 heterocycles. The fourth-order valence-corrected chi connectivity index (χ4v) is 3.24. The van der Waals surface area contributed by atoms with Gasteiger partial charge in [-0.05, 0) is 23.6 Å². The summed E-state index contributed by atoms with van der Waals surface area (Å²) in [4.78, 5) is 30.6. The van der Waals surface area contributed by atoms with Crippen LogP contribution in [0.1, 0.15) is 30.0 Å². The quantitative estimate of drug-likeness (QED) is 0.939. The SMILES string of the molecule is CN1C(=O)CCC(C(=O)NCc2cccnc2)C1c1ccccc1. The molecule has 3 rings (SSSR count). The van der Waals surface area contributed by atoms with Crippen molar-refractivity contribution in [3.63, 3.8) is 0 Å². The highest BCUT2D eigenvalue weighted by atomic mass is 16.2. The van der Waals surface area contributed by atoms with E-state index in [1.54, 1.807) is 24.3 Å². The highest BCUT2D eigenvalue weighted by molar-refractivity contribution is 5.84. The number of pyridine rings is 1. The second-order valence-corrected chi connectivity index (χ2v) is 6.08. The summed E-state index contributed by atoms with van der Waals surface area (Å²) in [5, 5.41) is 2.99. The van der Waals surface area contributed by atoms with Crippen molar-refractivity contribution in [3.8, 4) is 0 Å². The standard InChI is InChI=1S/C19H21N3O2/c1-22-17(23)10-9-16(18(22)15-7-3-2-4-8-15)19(24)21-13-14-6-5-11-20-12-14/h2-8,11-12,16,18H,9-10,13H2,1H3,(H,21,24). The number of nitrogens with zero attached hydrogens (tertiary/aromatic N) is 2. The largest absolute Gasteiger partial charge is 0.352 e. The lowest BCUT2D eigenvalue weighted by Gasteiger charge is -2.38. The van der Waals surface area contributed by atoms with Gasteiger partial charge in [-0.25, -0.2) is 0 Å². The summed E-state index contributed by atoms with van der Waals surface area (Å²) < 4.78 is 0. The number of aromatic nitrogens is 1. The van der Waals surface area contributed by atoms with Gasteiger partial charge in [0.25, 0.3) is 0 Å². The predicted octanol–water partition coefficient (Wildman–Crippen LogP) is 2.31. The molecule has 1 aromatic carbocycles. The lowest BCUT2D eigenvalue weighted by molar-refractivity contribution is -0.141. The van der Waals surface area contributed by atoms with E-state index >= 15 is 0 Å². The molecule has 1 aromatic heterocycles. The first-order chi connectivity index (χ1) is 11.7. The molecule has 2 unspecified atom stereocenters. The second kappa shape index (κ2) is 7.25. The molecule has 24 heavy (non-hydrogen) atoms. The van der Waals surface area contributed by atoms with E-state index in [0.29, 0.717) is 19.4 Å². The molecule has 0 aliphatic carbocycles. The molecule has 1 saturated heterocycles. The van der Waals surface area contributed by atoms with Crippen molar-refractivity contribution >= 4 is 11.8 Å². The number of hydrogen-bond acceptors (Lipinski definition) is 3. The van der Waals surface area contributed by atoms with Crippen LogP contribution >= 0.6 is 0 Å². The third-order valence-electron chi connectivity index (χ3n) is 4.53. The number of nitrogens with one attached hydrogen (secondary N) is 1. The number of likely N-dealkylation sites (tertiary alicyclic amines) is 1. The van der Waals surface area contributed by atoms with Crippen LogP contribution in [0.25, 0.3) is 0 Å². The normalized spacial score (nSPS) is 20.7. The highest BCUT2D eigenvalue weighted by Gasteiger charge is 2.38. The smallest absolute Gasteiger partial charge is 0.225 e. The Morgan fingerprint density at radius 1 is 1.25 bits per heavy atom. The molecule has 2 atom stereocenters. The summed E-state index contributed by atoms with van der Waals surface area (Å²) in [6, 6.07) is 13.3. The van der Waals surface area contributed by atoms with Crippen LogP contribution in [0.3, 0.4) is 0 Å². The van der Waals surface area contributed by atoms with Gasteiger partial charge < -0.3 is 10.2 Å². The van der Waals surface area contributed by atoms with Gasteiger partial charge in [-0.1, -0.05) is 36.4 Å². The Morgan fingerprint density at radius 3 is 2.75 bits per heavy atom. The van der Waals surface area contributed by atoms with Gasteiger partial charge in [0.15, 0.2) is 0 Å². The number of hydrogen-bond donors (Lipinski definition) is 1. The van der Waals surface area contributed by atoms with E-state index in [1.165, 1.54) is 0 Å².